The minimum Gasteiger partial charge on any atom is -0.494 e. The molecule has 0 fully saturated rings. The minimum atomic E-state index is -3.46. The van der Waals surface area contributed by atoms with Gasteiger partial charge in [0.1, 0.15) is 5.75 Å². The predicted molar refractivity (Wildman–Crippen MR) is 111 cm³/mol. The molecule has 6 nitrogen and oxygen atoms in total. The zero-order valence-corrected chi connectivity index (χ0v) is 17.0. The summed E-state index contributed by atoms with van der Waals surface area (Å²) in [6.07, 6.45) is 3.77. The number of nitrogens with one attached hydrogen (secondary N) is 2. The van der Waals surface area contributed by atoms with Gasteiger partial charge in [0.05, 0.1) is 11.5 Å². The smallest absolute Gasteiger partial charge is 0.244 e. The highest BCUT2D eigenvalue weighted by atomic mass is 32.2. The van der Waals surface area contributed by atoms with Crippen molar-refractivity contribution in [2.75, 3.05) is 19.7 Å². The van der Waals surface area contributed by atoms with Gasteiger partial charge in [-0.05, 0) is 54.8 Å². The normalized spacial score (nSPS) is 11.5. The molecular formula is C21H26N2O4S. The number of hydrogen-bond donors (Lipinski definition) is 2. The summed E-state index contributed by atoms with van der Waals surface area (Å²) in [5.41, 5.74) is 1.89. The van der Waals surface area contributed by atoms with Crippen molar-refractivity contribution in [1.29, 1.82) is 0 Å². The summed E-state index contributed by atoms with van der Waals surface area (Å²) in [6, 6.07) is 14.2. The summed E-state index contributed by atoms with van der Waals surface area (Å²) in [5, 5.41) is 2.79. The van der Waals surface area contributed by atoms with Crippen LogP contribution in [0.5, 0.6) is 5.75 Å². The zero-order valence-electron chi connectivity index (χ0n) is 16.1. The van der Waals surface area contributed by atoms with Crippen LogP contribution in [0.1, 0.15) is 24.5 Å². The first-order valence-electron chi connectivity index (χ1n) is 9.16. The molecule has 0 saturated carbocycles. The van der Waals surface area contributed by atoms with Crippen molar-refractivity contribution in [3.8, 4) is 5.75 Å². The van der Waals surface area contributed by atoms with Gasteiger partial charge in [0, 0.05) is 19.2 Å². The summed E-state index contributed by atoms with van der Waals surface area (Å²) < 4.78 is 31.8. The van der Waals surface area contributed by atoms with Crippen LogP contribution in [-0.4, -0.2) is 34.0 Å². The highest BCUT2D eigenvalue weighted by molar-refractivity contribution is 7.89. The number of hydrogen-bond acceptors (Lipinski definition) is 4. The minimum absolute atomic E-state index is 0.199. The number of sulfonamides is 1. The monoisotopic (exact) mass is 402 g/mol. The van der Waals surface area contributed by atoms with Crippen LogP contribution in [0, 0.1) is 6.92 Å². The van der Waals surface area contributed by atoms with Crippen molar-refractivity contribution in [2.24, 2.45) is 0 Å². The van der Waals surface area contributed by atoms with Crippen LogP contribution in [0.25, 0.3) is 6.08 Å². The molecule has 0 aliphatic rings. The van der Waals surface area contributed by atoms with E-state index in [2.05, 4.69) is 10.0 Å². The van der Waals surface area contributed by atoms with Gasteiger partial charge in [-0.15, -0.1) is 0 Å². The SMILES string of the molecule is CCNS(=O)(=O)c1ccc(/C=C/C(=O)NCCCOc2cccc(C)c2)cc1. The first-order valence-corrected chi connectivity index (χ1v) is 10.6. The Kier molecular flexibility index (Phi) is 8.22. The van der Waals surface area contributed by atoms with Crippen LogP contribution in [0.3, 0.4) is 0 Å². The van der Waals surface area contributed by atoms with Gasteiger partial charge in [-0.3, -0.25) is 4.79 Å². The average molecular weight is 403 g/mol. The topological polar surface area (TPSA) is 84.5 Å². The summed E-state index contributed by atoms with van der Waals surface area (Å²) >= 11 is 0. The van der Waals surface area contributed by atoms with Gasteiger partial charge in [-0.2, -0.15) is 0 Å². The Morgan fingerprint density at radius 1 is 1.14 bits per heavy atom. The molecule has 28 heavy (non-hydrogen) atoms. The molecule has 0 heterocycles. The molecule has 1 amide bonds. The van der Waals surface area contributed by atoms with E-state index in [1.807, 2.05) is 31.2 Å². The molecule has 2 N–H and O–H groups in total. The van der Waals surface area contributed by atoms with Crippen molar-refractivity contribution in [3.05, 3.63) is 65.7 Å². The molecule has 0 aliphatic carbocycles. The molecule has 0 saturated heterocycles. The number of carbonyl (C=O) groups is 1. The second kappa shape index (κ2) is 10.6. The van der Waals surface area contributed by atoms with Crippen molar-refractivity contribution in [1.82, 2.24) is 10.0 Å². The molecule has 0 spiro atoms. The van der Waals surface area contributed by atoms with E-state index in [0.717, 1.165) is 16.9 Å². The van der Waals surface area contributed by atoms with Gasteiger partial charge in [0.15, 0.2) is 0 Å². The number of carbonyl (C=O) groups excluding carboxylic acids is 1. The molecule has 0 bridgehead atoms. The fraction of sp³-hybridized carbons (Fsp3) is 0.286. The first-order chi connectivity index (χ1) is 13.4. The van der Waals surface area contributed by atoms with E-state index in [4.69, 9.17) is 4.74 Å². The predicted octanol–water partition coefficient (Wildman–Crippen LogP) is 2.89. The highest BCUT2D eigenvalue weighted by Gasteiger charge is 2.11. The molecule has 0 radical (unpaired) electrons. The molecule has 2 aromatic rings. The van der Waals surface area contributed by atoms with Crippen LogP contribution in [0.2, 0.25) is 0 Å². The van der Waals surface area contributed by atoms with Crippen LogP contribution in [0.4, 0.5) is 0 Å². The molecule has 0 unspecified atom stereocenters. The number of rotatable bonds is 10. The maximum atomic E-state index is 11.9. The van der Waals surface area contributed by atoms with Gasteiger partial charge in [-0.25, -0.2) is 13.1 Å². The number of amides is 1. The van der Waals surface area contributed by atoms with Crippen molar-refractivity contribution in [3.63, 3.8) is 0 Å². The van der Waals surface area contributed by atoms with E-state index >= 15 is 0 Å². The molecule has 0 aliphatic heterocycles. The van der Waals surface area contributed by atoms with E-state index in [9.17, 15) is 13.2 Å². The third-order valence-electron chi connectivity index (χ3n) is 3.83. The lowest BCUT2D eigenvalue weighted by Crippen LogP contribution is -2.23. The maximum Gasteiger partial charge on any atom is 0.244 e. The fourth-order valence-corrected chi connectivity index (χ4v) is 3.48. The molecule has 150 valence electrons. The van der Waals surface area contributed by atoms with E-state index in [0.29, 0.717) is 26.1 Å². The van der Waals surface area contributed by atoms with Gasteiger partial charge >= 0.3 is 0 Å². The summed E-state index contributed by atoms with van der Waals surface area (Å²) in [7, 11) is -3.46. The van der Waals surface area contributed by atoms with Gasteiger partial charge in [0.2, 0.25) is 15.9 Å². The summed E-state index contributed by atoms with van der Waals surface area (Å²) in [4.78, 5) is 12.1. The largest absolute Gasteiger partial charge is 0.494 e. The van der Waals surface area contributed by atoms with E-state index in [1.165, 1.54) is 18.2 Å². The number of ether oxygens (including phenoxy) is 1. The third-order valence-corrected chi connectivity index (χ3v) is 5.39. The lowest BCUT2D eigenvalue weighted by molar-refractivity contribution is -0.116. The maximum absolute atomic E-state index is 11.9. The number of aryl methyl sites for hydroxylation is 1. The lowest BCUT2D eigenvalue weighted by atomic mass is 10.2. The quantitative estimate of drug-likeness (QED) is 0.473. The molecule has 0 atom stereocenters. The lowest BCUT2D eigenvalue weighted by Gasteiger charge is -2.07. The van der Waals surface area contributed by atoms with Gasteiger partial charge in [-0.1, -0.05) is 31.2 Å². The van der Waals surface area contributed by atoms with Gasteiger partial charge < -0.3 is 10.1 Å². The Morgan fingerprint density at radius 3 is 2.57 bits per heavy atom. The van der Waals surface area contributed by atoms with Crippen LogP contribution in [0.15, 0.2) is 59.5 Å². The van der Waals surface area contributed by atoms with Gasteiger partial charge in [0.25, 0.3) is 0 Å². The molecule has 2 rings (SSSR count). The molecule has 0 aromatic heterocycles. The van der Waals surface area contributed by atoms with E-state index in [1.54, 1.807) is 25.1 Å². The Bertz CT molecular complexity index is 906. The van der Waals surface area contributed by atoms with Crippen molar-refractivity contribution in [2.45, 2.75) is 25.2 Å². The fourth-order valence-electron chi connectivity index (χ4n) is 2.44. The average Bonchev–Trinajstić information content (AvgIpc) is 2.66. The molecule has 2 aromatic carbocycles. The Morgan fingerprint density at radius 2 is 1.89 bits per heavy atom. The summed E-state index contributed by atoms with van der Waals surface area (Å²) in [5.74, 6) is 0.616. The summed E-state index contributed by atoms with van der Waals surface area (Å²) in [6.45, 7) is 5.10. The van der Waals surface area contributed by atoms with Crippen LogP contribution >= 0.6 is 0 Å². The third kappa shape index (κ3) is 7.17. The zero-order chi connectivity index (χ0) is 20.4. The second-order valence-electron chi connectivity index (χ2n) is 6.21. The Hall–Kier alpha value is -2.64. The second-order valence-corrected chi connectivity index (χ2v) is 7.98. The van der Waals surface area contributed by atoms with Crippen molar-refractivity contribution < 1.29 is 17.9 Å². The van der Waals surface area contributed by atoms with E-state index < -0.39 is 10.0 Å². The number of benzene rings is 2. The Labute approximate surface area is 166 Å². The molecule has 7 heteroatoms. The van der Waals surface area contributed by atoms with Crippen molar-refractivity contribution >= 4 is 22.0 Å². The van der Waals surface area contributed by atoms with Crippen LogP contribution < -0.4 is 14.8 Å². The highest BCUT2D eigenvalue weighted by Crippen LogP contribution is 2.13. The molecular weight excluding hydrogens is 376 g/mol. The standard InChI is InChI=1S/C21H26N2O4S/c1-3-23-28(25,26)20-11-8-18(9-12-20)10-13-21(24)22-14-5-15-27-19-7-4-6-17(2)16-19/h4,6-13,16,23H,3,5,14-15H2,1-2H3,(H,22,24)/b13-10+. The van der Waals surface area contributed by atoms with E-state index in [-0.39, 0.29) is 10.8 Å². The van der Waals surface area contributed by atoms with Crippen LogP contribution in [-0.2, 0) is 14.8 Å². The Balaban J connectivity index is 1.73. The first kappa shape index (κ1) is 21.7.